The minimum absolute atomic E-state index is 0.0450. The van der Waals surface area contributed by atoms with Gasteiger partial charge in [0.1, 0.15) is 16.6 Å². The zero-order valence-electron chi connectivity index (χ0n) is 15.8. The molecule has 0 bridgehead atoms. The number of amides is 1. The maximum atomic E-state index is 13.0. The number of piperidine rings is 1. The van der Waals surface area contributed by atoms with E-state index in [0.29, 0.717) is 35.9 Å². The number of hydrogen-bond acceptors (Lipinski definition) is 6. The number of carbonyl (C=O) groups is 1. The van der Waals surface area contributed by atoms with Gasteiger partial charge in [-0.2, -0.15) is 0 Å². The summed E-state index contributed by atoms with van der Waals surface area (Å²) in [6.45, 7) is 2.65. The number of benzene rings is 1. The summed E-state index contributed by atoms with van der Waals surface area (Å²) in [5.74, 6) is 1.26. The van der Waals surface area contributed by atoms with Crippen LogP contribution in [0.3, 0.4) is 0 Å². The molecule has 1 N–H and O–H groups in total. The highest BCUT2D eigenvalue weighted by Crippen LogP contribution is 2.38. The number of rotatable bonds is 7. The van der Waals surface area contributed by atoms with Crippen molar-refractivity contribution in [3.05, 3.63) is 35.1 Å². The average molecular weight is 405 g/mol. The van der Waals surface area contributed by atoms with Crippen molar-refractivity contribution in [2.75, 3.05) is 31.6 Å². The second-order valence-electron chi connectivity index (χ2n) is 7.63. The van der Waals surface area contributed by atoms with Gasteiger partial charge in [-0.1, -0.05) is 17.8 Å². The Morgan fingerprint density at radius 2 is 2.04 bits per heavy atom. The molecular weight excluding hydrogens is 379 g/mol. The van der Waals surface area contributed by atoms with Crippen molar-refractivity contribution in [1.29, 1.82) is 0 Å². The molecule has 1 aliphatic heterocycles. The summed E-state index contributed by atoms with van der Waals surface area (Å²) in [4.78, 5) is 14.5. The molecule has 1 aliphatic carbocycles. The quantitative estimate of drug-likeness (QED) is 0.763. The van der Waals surface area contributed by atoms with Crippen LogP contribution in [0.15, 0.2) is 24.3 Å². The third kappa shape index (κ3) is 5.05. The summed E-state index contributed by atoms with van der Waals surface area (Å²) >= 11 is 1.50. The van der Waals surface area contributed by atoms with Crippen LogP contribution in [0.5, 0.6) is 5.75 Å². The van der Waals surface area contributed by atoms with Crippen LogP contribution < -0.4 is 10.1 Å². The lowest BCUT2D eigenvalue weighted by Gasteiger charge is -2.31. The molecule has 28 heavy (non-hydrogen) atoms. The van der Waals surface area contributed by atoms with Crippen LogP contribution in [0.25, 0.3) is 0 Å². The highest BCUT2D eigenvalue weighted by molar-refractivity contribution is 7.15. The SMILES string of the molecule is O=C(CN1CCC[C@@H](COc2ccc(F)cc2)C1)Nc1nnc(C2CCC2)s1. The standard InChI is InChI=1S/C20H25FN4O2S/c21-16-6-8-17(9-7-16)27-13-14-3-2-10-25(11-14)12-18(26)22-20-24-23-19(28-20)15-4-1-5-15/h6-9,14-15H,1-5,10-13H2,(H,22,24,26)/t14-/m1/s1. The maximum Gasteiger partial charge on any atom is 0.240 e. The normalized spacial score (nSPS) is 20.5. The summed E-state index contributed by atoms with van der Waals surface area (Å²) < 4.78 is 18.7. The molecule has 4 rings (SSSR count). The molecule has 2 aromatic rings. The Bertz CT molecular complexity index is 794. The summed E-state index contributed by atoms with van der Waals surface area (Å²) in [6.07, 6.45) is 5.72. The number of nitrogens with zero attached hydrogens (tertiary/aromatic N) is 3. The van der Waals surface area contributed by atoms with E-state index in [9.17, 15) is 9.18 Å². The summed E-state index contributed by atoms with van der Waals surface area (Å²) in [6, 6.07) is 6.08. The average Bonchev–Trinajstić information content (AvgIpc) is 3.07. The van der Waals surface area contributed by atoms with E-state index in [0.717, 1.165) is 30.9 Å². The second-order valence-corrected chi connectivity index (χ2v) is 8.64. The molecule has 2 fully saturated rings. The van der Waals surface area contributed by atoms with Crippen LogP contribution in [0.4, 0.5) is 9.52 Å². The van der Waals surface area contributed by atoms with E-state index in [1.807, 2.05) is 0 Å². The fourth-order valence-electron chi connectivity index (χ4n) is 3.64. The molecule has 2 heterocycles. The number of aromatic nitrogens is 2. The molecule has 0 unspecified atom stereocenters. The van der Waals surface area contributed by atoms with E-state index in [4.69, 9.17) is 4.74 Å². The van der Waals surface area contributed by atoms with E-state index >= 15 is 0 Å². The van der Waals surface area contributed by atoms with Gasteiger partial charge in [0, 0.05) is 18.4 Å². The van der Waals surface area contributed by atoms with Crippen molar-refractivity contribution in [3.63, 3.8) is 0 Å². The van der Waals surface area contributed by atoms with Crippen molar-refractivity contribution in [2.45, 2.75) is 38.0 Å². The first-order valence-corrected chi connectivity index (χ1v) is 10.7. The fourth-order valence-corrected chi connectivity index (χ4v) is 4.57. The number of anilines is 1. The van der Waals surface area contributed by atoms with E-state index in [1.165, 1.54) is 42.7 Å². The van der Waals surface area contributed by atoms with Crippen LogP contribution in [-0.2, 0) is 4.79 Å². The highest BCUT2D eigenvalue weighted by atomic mass is 32.1. The lowest BCUT2D eigenvalue weighted by molar-refractivity contribution is -0.117. The van der Waals surface area contributed by atoms with Crippen LogP contribution in [0.1, 0.15) is 43.0 Å². The fraction of sp³-hybridized carbons (Fsp3) is 0.550. The molecule has 0 spiro atoms. The number of hydrogen-bond donors (Lipinski definition) is 1. The largest absolute Gasteiger partial charge is 0.493 e. The van der Waals surface area contributed by atoms with Crippen molar-refractivity contribution in [3.8, 4) is 5.75 Å². The monoisotopic (exact) mass is 404 g/mol. The van der Waals surface area contributed by atoms with Crippen LogP contribution in [0, 0.1) is 11.7 Å². The number of halogens is 1. The molecule has 1 atom stereocenters. The van der Waals surface area contributed by atoms with Crippen LogP contribution >= 0.6 is 11.3 Å². The van der Waals surface area contributed by atoms with Gasteiger partial charge in [-0.3, -0.25) is 15.0 Å². The molecule has 0 radical (unpaired) electrons. The molecule has 8 heteroatoms. The molecule has 1 saturated heterocycles. The first-order valence-electron chi connectivity index (χ1n) is 9.89. The predicted molar refractivity (Wildman–Crippen MR) is 106 cm³/mol. The van der Waals surface area contributed by atoms with Gasteiger partial charge in [-0.05, 0) is 56.5 Å². The Morgan fingerprint density at radius 3 is 2.79 bits per heavy atom. The zero-order valence-corrected chi connectivity index (χ0v) is 16.6. The molecule has 1 aromatic heterocycles. The van der Waals surface area contributed by atoms with E-state index in [1.54, 1.807) is 12.1 Å². The van der Waals surface area contributed by atoms with Crippen molar-refractivity contribution in [1.82, 2.24) is 15.1 Å². The Hall–Kier alpha value is -2.06. The van der Waals surface area contributed by atoms with Crippen molar-refractivity contribution >= 4 is 22.4 Å². The molecule has 1 aromatic carbocycles. The number of likely N-dealkylation sites (tertiary alicyclic amines) is 1. The number of ether oxygens (including phenoxy) is 1. The summed E-state index contributed by atoms with van der Waals surface area (Å²) in [5, 5.41) is 12.8. The van der Waals surface area contributed by atoms with Gasteiger partial charge < -0.3 is 4.74 Å². The minimum Gasteiger partial charge on any atom is -0.493 e. The smallest absolute Gasteiger partial charge is 0.240 e. The molecule has 6 nitrogen and oxygen atoms in total. The van der Waals surface area contributed by atoms with E-state index in [2.05, 4.69) is 20.4 Å². The molecule has 1 saturated carbocycles. The number of nitrogens with one attached hydrogen (secondary N) is 1. The highest BCUT2D eigenvalue weighted by Gasteiger charge is 2.25. The molecular formula is C20H25FN4O2S. The third-order valence-corrected chi connectivity index (χ3v) is 6.41. The summed E-state index contributed by atoms with van der Waals surface area (Å²) in [5.41, 5.74) is 0. The van der Waals surface area contributed by atoms with E-state index < -0.39 is 0 Å². The Labute approximate surface area is 168 Å². The van der Waals surface area contributed by atoms with Gasteiger partial charge in [-0.25, -0.2) is 4.39 Å². The lowest BCUT2D eigenvalue weighted by atomic mass is 9.86. The van der Waals surface area contributed by atoms with Crippen molar-refractivity contribution < 1.29 is 13.9 Å². The Kier molecular flexibility index (Phi) is 6.17. The Morgan fingerprint density at radius 1 is 1.21 bits per heavy atom. The van der Waals surface area contributed by atoms with Gasteiger partial charge in [0.15, 0.2) is 0 Å². The van der Waals surface area contributed by atoms with Crippen LogP contribution in [0.2, 0.25) is 0 Å². The molecule has 1 amide bonds. The van der Waals surface area contributed by atoms with Crippen LogP contribution in [-0.4, -0.2) is 47.2 Å². The van der Waals surface area contributed by atoms with Gasteiger partial charge in [0.25, 0.3) is 0 Å². The van der Waals surface area contributed by atoms with Gasteiger partial charge >= 0.3 is 0 Å². The number of carbonyl (C=O) groups excluding carboxylic acids is 1. The molecule has 150 valence electrons. The molecule has 2 aliphatic rings. The predicted octanol–water partition coefficient (Wildman–Crippen LogP) is 3.67. The lowest BCUT2D eigenvalue weighted by Crippen LogP contribution is -2.42. The third-order valence-electron chi connectivity index (χ3n) is 5.41. The maximum absolute atomic E-state index is 13.0. The van der Waals surface area contributed by atoms with Gasteiger partial charge in [-0.15, -0.1) is 10.2 Å². The summed E-state index contributed by atoms with van der Waals surface area (Å²) in [7, 11) is 0. The first-order chi connectivity index (χ1) is 13.7. The second kappa shape index (κ2) is 8.96. The zero-order chi connectivity index (χ0) is 19.3. The topological polar surface area (TPSA) is 67.3 Å². The van der Waals surface area contributed by atoms with Gasteiger partial charge in [0.05, 0.1) is 13.2 Å². The van der Waals surface area contributed by atoms with E-state index in [-0.39, 0.29) is 11.7 Å². The Balaban J connectivity index is 1.22. The van der Waals surface area contributed by atoms with Crippen molar-refractivity contribution in [2.24, 2.45) is 5.92 Å². The first kappa shape index (κ1) is 19.3. The van der Waals surface area contributed by atoms with Gasteiger partial charge in [0.2, 0.25) is 11.0 Å². The minimum atomic E-state index is -0.266.